The SMILES string of the molecule is CCC1(CC)C2CCC(C2)C1NC. The van der Waals surface area contributed by atoms with Crippen molar-refractivity contribution in [2.45, 2.75) is 52.0 Å². The lowest BCUT2D eigenvalue weighted by atomic mass is 9.66. The van der Waals surface area contributed by atoms with Crippen LogP contribution in [0.15, 0.2) is 0 Å². The zero-order valence-electron chi connectivity index (χ0n) is 9.27. The molecule has 13 heavy (non-hydrogen) atoms. The fourth-order valence-corrected chi connectivity index (χ4v) is 4.36. The topological polar surface area (TPSA) is 12.0 Å². The van der Waals surface area contributed by atoms with Gasteiger partial charge in [-0.25, -0.2) is 0 Å². The maximum absolute atomic E-state index is 3.59. The van der Waals surface area contributed by atoms with Gasteiger partial charge >= 0.3 is 0 Å². The molecule has 0 aromatic carbocycles. The van der Waals surface area contributed by atoms with Crippen molar-refractivity contribution in [1.29, 1.82) is 0 Å². The molecule has 2 aliphatic rings. The highest BCUT2D eigenvalue weighted by atomic mass is 14.9. The van der Waals surface area contributed by atoms with Crippen LogP contribution in [0.4, 0.5) is 0 Å². The van der Waals surface area contributed by atoms with Gasteiger partial charge in [0.25, 0.3) is 0 Å². The summed E-state index contributed by atoms with van der Waals surface area (Å²) in [5.74, 6) is 2.03. The third-order valence-electron chi connectivity index (χ3n) is 5.00. The standard InChI is InChI=1S/C12H23N/c1-4-12(5-2)10-7-6-9(8-10)11(12)13-3/h9-11,13H,4-8H2,1-3H3. The molecule has 76 valence electrons. The number of fused-ring (bicyclic) bond motifs is 2. The summed E-state index contributed by atoms with van der Waals surface area (Å²) >= 11 is 0. The van der Waals surface area contributed by atoms with Gasteiger partial charge in [-0.15, -0.1) is 0 Å². The zero-order chi connectivity index (χ0) is 9.47. The van der Waals surface area contributed by atoms with Crippen LogP contribution in [-0.2, 0) is 0 Å². The molecule has 3 atom stereocenters. The van der Waals surface area contributed by atoms with Crippen LogP contribution in [0.1, 0.15) is 46.0 Å². The van der Waals surface area contributed by atoms with Gasteiger partial charge in [-0.2, -0.15) is 0 Å². The molecule has 0 spiro atoms. The van der Waals surface area contributed by atoms with Crippen LogP contribution in [0, 0.1) is 17.3 Å². The summed E-state index contributed by atoms with van der Waals surface area (Å²) in [4.78, 5) is 0. The molecule has 0 aromatic heterocycles. The molecule has 0 saturated heterocycles. The first-order chi connectivity index (χ1) is 6.28. The Kier molecular flexibility index (Phi) is 2.39. The van der Waals surface area contributed by atoms with Gasteiger partial charge in [-0.3, -0.25) is 0 Å². The van der Waals surface area contributed by atoms with Gasteiger partial charge in [-0.05, 0) is 56.4 Å². The van der Waals surface area contributed by atoms with E-state index in [9.17, 15) is 0 Å². The fourth-order valence-electron chi connectivity index (χ4n) is 4.36. The molecular weight excluding hydrogens is 158 g/mol. The summed E-state index contributed by atoms with van der Waals surface area (Å²) in [6.45, 7) is 4.77. The Morgan fingerprint density at radius 2 is 1.92 bits per heavy atom. The van der Waals surface area contributed by atoms with E-state index in [4.69, 9.17) is 0 Å². The van der Waals surface area contributed by atoms with Gasteiger partial charge < -0.3 is 5.32 Å². The van der Waals surface area contributed by atoms with Gasteiger partial charge in [0.1, 0.15) is 0 Å². The van der Waals surface area contributed by atoms with Crippen LogP contribution in [-0.4, -0.2) is 13.1 Å². The molecule has 0 aromatic rings. The lowest BCUT2D eigenvalue weighted by molar-refractivity contribution is 0.100. The predicted octanol–water partition coefficient (Wildman–Crippen LogP) is 2.81. The van der Waals surface area contributed by atoms with E-state index in [0.29, 0.717) is 5.41 Å². The largest absolute Gasteiger partial charge is 0.316 e. The highest BCUT2D eigenvalue weighted by molar-refractivity contribution is 5.08. The van der Waals surface area contributed by atoms with Crippen molar-refractivity contribution in [1.82, 2.24) is 5.32 Å². The van der Waals surface area contributed by atoms with Gasteiger partial charge in [0.15, 0.2) is 0 Å². The normalized spacial score (nSPS) is 41.3. The number of hydrogen-bond donors (Lipinski definition) is 1. The summed E-state index contributed by atoms with van der Waals surface area (Å²) in [6, 6.07) is 0.821. The van der Waals surface area contributed by atoms with Crippen molar-refractivity contribution in [3.8, 4) is 0 Å². The lowest BCUT2D eigenvalue weighted by Crippen LogP contribution is -2.47. The second kappa shape index (κ2) is 3.27. The Bertz CT molecular complexity index is 184. The Morgan fingerprint density at radius 1 is 1.23 bits per heavy atom. The molecule has 2 bridgehead atoms. The highest BCUT2D eigenvalue weighted by Gasteiger charge is 2.55. The molecule has 0 amide bonds. The van der Waals surface area contributed by atoms with Crippen LogP contribution in [0.2, 0.25) is 0 Å². The fraction of sp³-hybridized carbons (Fsp3) is 1.00. The van der Waals surface area contributed by atoms with Crippen molar-refractivity contribution in [2.75, 3.05) is 7.05 Å². The second-order valence-electron chi connectivity index (χ2n) is 4.98. The van der Waals surface area contributed by atoms with Gasteiger partial charge in [-0.1, -0.05) is 13.8 Å². The van der Waals surface area contributed by atoms with E-state index in [0.717, 1.165) is 17.9 Å². The highest BCUT2D eigenvalue weighted by Crippen LogP contribution is 2.58. The molecular formula is C12H23N. The van der Waals surface area contributed by atoms with Crippen molar-refractivity contribution in [3.63, 3.8) is 0 Å². The van der Waals surface area contributed by atoms with E-state index in [-0.39, 0.29) is 0 Å². The van der Waals surface area contributed by atoms with E-state index in [1.807, 2.05) is 0 Å². The van der Waals surface area contributed by atoms with Crippen LogP contribution in [0.5, 0.6) is 0 Å². The first-order valence-electron chi connectivity index (χ1n) is 5.95. The van der Waals surface area contributed by atoms with Crippen LogP contribution >= 0.6 is 0 Å². The molecule has 0 heterocycles. The molecule has 0 radical (unpaired) electrons. The third kappa shape index (κ3) is 1.09. The van der Waals surface area contributed by atoms with E-state index in [2.05, 4.69) is 26.2 Å². The van der Waals surface area contributed by atoms with Crippen molar-refractivity contribution in [3.05, 3.63) is 0 Å². The third-order valence-corrected chi connectivity index (χ3v) is 5.00. The molecule has 3 unspecified atom stereocenters. The van der Waals surface area contributed by atoms with Crippen molar-refractivity contribution in [2.24, 2.45) is 17.3 Å². The molecule has 1 heteroatoms. The number of rotatable bonds is 3. The minimum atomic E-state index is 0.650. The molecule has 1 N–H and O–H groups in total. The summed E-state index contributed by atoms with van der Waals surface area (Å²) in [5, 5.41) is 3.59. The number of nitrogens with one attached hydrogen (secondary N) is 1. The molecule has 2 aliphatic carbocycles. The second-order valence-corrected chi connectivity index (χ2v) is 4.98. The summed E-state index contributed by atoms with van der Waals surface area (Å²) < 4.78 is 0. The average Bonchev–Trinajstić information content (AvgIpc) is 2.74. The minimum Gasteiger partial charge on any atom is -0.316 e. The maximum Gasteiger partial charge on any atom is 0.0151 e. The average molecular weight is 181 g/mol. The Labute approximate surface area is 82.3 Å². The maximum atomic E-state index is 3.59. The first kappa shape index (κ1) is 9.51. The molecule has 2 saturated carbocycles. The Morgan fingerprint density at radius 3 is 2.38 bits per heavy atom. The van der Waals surface area contributed by atoms with Gasteiger partial charge in [0, 0.05) is 6.04 Å². The lowest BCUT2D eigenvalue weighted by Gasteiger charge is -2.43. The van der Waals surface area contributed by atoms with Crippen LogP contribution in [0.25, 0.3) is 0 Å². The van der Waals surface area contributed by atoms with E-state index < -0.39 is 0 Å². The molecule has 0 aliphatic heterocycles. The molecule has 2 fully saturated rings. The minimum absolute atomic E-state index is 0.650. The molecule has 2 rings (SSSR count). The smallest absolute Gasteiger partial charge is 0.0151 e. The van der Waals surface area contributed by atoms with Crippen molar-refractivity contribution >= 4 is 0 Å². The monoisotopic (exact) mass is 181 g/mol. The summed E-state index contributed by atoms with van der Waals surface area (Å²) in [6.07, 6.45) is 7.24. The number of hydrogen-bond acceptors (Lipinski definition) is 1. The van der Waals surface area contributed by atoms with E-state index >= 15 is 0 Å². The zero-order valence-corrected chi connectivity index (χ0v) is 9.27. The van der Waals surface area contributed by atoms with E-state index in [1.54, 1.807) is 0 Å². The summed E-state index contributed by atoms with van der Waals surface area (Å²) in [5.41, 5.74) is 0.650. The van der Waals surface area contributed by atoms with Gasteiger partial charge in [0.05, 0.1) is 0 Å². The van der Waals surface area contributed by atoms with Crippen LogP contribution in [0.3, 0.4) is 0 Å². The van der Waals surface area contributed by atoms with Gasteiger partial charge in [0.2, 0.25) is 0 Å². The summed E-state index contributed by atoms with van der Waals surface area (Å²) in [7, 11) is 2.16. The Balaban J connectivity index is 2.24. The predicted molar refractivity (Wildman–Crippen MR) is 56.7 cm³/mol. The van der Waals surface area contributed by atoms with E-state index in [1.165, 1.54) is 32.1 Å². The van der Waals surface area contributed by atoms with Crippen molar-refractivity contribution < 1.29 is 0 Å². The van der Waals surface area contributed by atoms with Crippen LogP contribution < -0.4 is 5.32 Å². The molecule has 1 nitrogen and oxygen atoms in total. The quantitative estimate of drug-likeness (QED) is 0.706. The first-order valence-corrected chi connectivity index (χ1v) is 5.95. The Hall–Kier alpha value is -0.0400.